The highest BCUT2D eigenvalue weighted by Crippen LogP contribution is 2.17. The molecule has 0 aromatic heterocycles. The molecule has 0 radical (unpaired) electrons. The summed E-state index contributed by atoms with van der Waals surface area (Å²) >= 11 is 5.94. The van der Waals surface area contributed by atoms with Gasteiger partial charge in [-0.2, -0.15) is 0 Å². The van der Waals surface area contributed by atoms with Crippen LogP contribution in [0, 0.1) is 0 Å². The number of hydrogen-bond acceptors (Lipinski definition) is 2. The molecule has 0 heterocycles. The van der Waals surface area contributed by atoms with Crippen LogP contribution in [-0.4, -0.2) is 29.8 Å². The van der Waals surface area contributed by atoms with Gasteiger partial charge in [0.25, 0.3) is 0 Å². The molecule has 2 aromatic rings. The van der Waals surface area contributed by atoms with Crippen LogP contribution in [0.3, 0.4) is 0 Å². The van der Waals surface area contributed by atoms with Gasteiger partial charge in [0.1, 0.15) is 6.04 Å². The molecule has 0 fully saturated rings. The highest BCUT2D eigenvalue weighted by Gasteiger charge is 2.28. The Bertz CT molecular complexity index is 701. The summed E-state index contributed by atoms with van der Waals surface area (Å²) in [6.07, 6.45) is 0.815. The van der Waals surface area contributed by atoms with Crippen LogP contribution in [0.1, 0.15) is 24.5 Å². The largest absolute Gasteiger partial charge is 0.357 e. The van der Waals surface area contributed by atoms with E-state index in [1.165, 1.54) is 0 Å². The molecule has 0 saturated heterocycles. The molecule has 5 heteroatoms. The van der Waals surface area contributed by atoms with Gasteiger partial charge in [0.2, 0.25) is 11.8 Å². The van der Waals surface area contributed by atoms with Crippen LogP contribution in [0.5, 0.6) is 0 Å². The second-order valence-corrected chi connectivity index (χ2v) is 6.26. The van der Waals surface area contributed by atoms with Crippen molar-refractivity contribution in [3.8, 4) is 0 Å². The maximum Gasteiger partial charge on any atom is 0.242 e. The minimum atomic E-state index is -0.560. The zero-order chi connectivity index (χ0) is 18.2. The molecular formula is C20H23ClN2O2. The lowest BCUT2D eigenvalue weighted by atomic mass is 10.0. The van der Waals surface area contributed by atoms with Gasteiger partial charge in [-0.05, 0) is 23.3 Å². The zero-order valence-electron chi connectivity index (χ0n) is 14.5. The summed E-state index contributed by atoms with van der Waals surface area (Å²) in [4.78, 5) is 26.7. The third kappa shape index (κ3) is 5.33. The van der Waals surface area contributed by atoms with Crippen molar-refractivity contribution < 1.29 is 9.59 Å². The maximum absolute atomic E-state index is 12.6. The summed E-state index contributed by atoms with van der Waals surface area (Å²) in [5, 5.41) is 3.33. The highest BCUT2D eigenvalue weighted by atomic mass is 35.5. The van der Waals surface area contributed by atoms with E-state index in [1.54, 1.807) is 31.0 Å². The van der Waals surface area contributed by atoms with Crippen molar-refractivity contribution >= 4 is 23.4 Å². The van der Waals surface area contributed by atoms with E-state index in [0.717, 1.165) is 11.1 Å². The molecule has 0 aliphatic rings. The molecule has 2 aromatic carbocycles. The number of nitrogens with zero attached hydrogens (tertiary/aromatic N) is 1. The number of amides is 2. The van der Waals surface area contributed by atoms with Crippen LogP contribution in [0.4, 0.5) is 0 Å². The van der Waals surface area contributed by atoms with E-state index >= 15 is 0 Å². The molecule has 2 amide bonds. The fraction of sp³-hybridized carbons (Fsp3) is 0.300. The standard InChI is InChI=1S/C20H23ClN2O2/c1-3-19(24)23(14-16-9-11-17(21)12-10-16)18(20(25)22-2)13-15-7-5-4-6-8-15/h4-12,18H,3,13-14H2,1-2H3,(H,22,25)/t18-/m1/s1. The van der Waals surface area contributed by atoms with E-state index in [4.69, 9.17) is 11.6 Å². The van der Waals surface area contributed by atoms with Crippen LogP contribution in [0.25, 0.3) is 0 Å². The molecule has 25 heavy (non-hydrogen) atoms. The number of likely N-dealkylation sites (N-methyl/N-ethyl adjacent to an activating group) is 1. The Balaban J connectivity index is 2.30. The molecule has 1 atom stereocenters. The van der Waals surface area contributed by atoms with E-state index < -0.39 is 6.04 Å². The number of carbonyl (C=O) groups excluding carboxylic acids is 2. The Morgan fingerprint density at radius 3 is 2.24 bits per heavy atom. The maximum atomic E-state index is 12.6. The number of hydrogen-bond donors (Lipinski definition) is 1. The van der Waals surface area contributed by atoms with Gasteiger partial charge in [-0.25, -0.2) is 0 Å². The molecule has 4 nitrogen and oxygen atoms in total. The van der Waals surface area contributed by atoms with Gasteiger partial charge in [-0.1, -0.05) is 61.0 Å². The zero-order valence-corrected chi connectivity index (χ0v) is 15.3. The predicted octanol–water partition coefficient (Wildman–Crippen LogP) is 3.44. The molecule has 0 unspecified atom stereocenters. The number of rotatable bonds is 7. The van der Waals surface area contributed by atoms with Crippen LogP contribution in [0.15, 0.2) is 54.6 Å². The molecule has 0 saturated carbocycles. The summed E-state index contributed by atoms with van der Waals surface area (Å²) in [6.45, 7) is 2.18. The van der Waals surface area contributed by atoms with Crippen molar-refractivity contribution in [3.05, 3.63) is 70.7 Å². The lowest BCUT2D eigenvalue weighted by Crippen LogP contribution is -2.49. The van der Waals surface area contributed by atoms with Gasteiger partial charge < -0.3 is 10.2 Å². The topological polar surface area (TPSA) is 49.4 Å². The Hall–Kier alpha value is -2.33. The molecule has 0 aliphatic carbocycles. The molecule has 0 spiro atoms. The Kier molecular flexibility index (Phi) is 7.02. The fourth-order valence-corrected chi connectivity index (χ4v) is 2.84. The lowest BCUT2D eigenvalue weighted by molar-refractivity contribution is -0.140. The van der Waals surface area contributed by atoms with Crippen LogP contribution >= 0.6 is 11.6 Å². The van der Waals surface area contributed by atoms with E-state index in [1.807, 2.05) is 42.5 Å². The average Bonchev–Trinajstić information content (AvgIpc) is 2.65. The van der Waals surface area contributed by atoms with Gasteiger partial charge in [-0.15, -0.1) is 0 Å². The van der Waals surface area contributed by atoms with Crippen LogP contribution in [-0.2, 0) is 22.6 Å². The summed E-state index contributed by atoms with van der Waals surface area (Å²) in [5.74, 6) is -0.223. The molecule has 2 rings (SSSR count). The molecule has 1 N–H and O–H groups in total. The van der Waals surface area contributed by atoms with Crippen molar-refractivity contribution in [1.82, 2.24) is 10.2 Å². The Labute approximate surface area is 153 Å². The monoisotopic (exact) mass is 358 g/mol. The first-order chi connectivity index (χ1) is 12.0. The molecule has 0 aliphatic heterocycles. The van der Waals surface area contributed by atoms with Crippen LogP contribution < -0.4 is 5.32 Å². The number of benzene rings is 2. The Morgan fingerprint density at radius 2 is 1.68 bits per heavy atom. The van der Waals surface area contributed by atoms with E-state index in [2.05, 4.69) is 5.32 Å². The van der Waals surface area contributed by atoms with Gasteiger partial charge >= 0.3 is 0 Å². The van der Waals surface area contributed by atoms with Gasteiger partial charge in [0, 0.05) is 31.5 Å². The first-order valence-electron chi connectivity index (χ1n) is 8.34. The summed E-state index contributed by atoms with van der Waals surface area (Å²) < 4.78 is 0. The van der Waals surface area contributed by atoms with Crippen molar-refractivity contribution in [2.45, 2.75) is 32.4 Å². The van der Waals surface area contributed by atoms with Crippen LogP contribution in [0.2, 0.25) is 5.02 Å². The van der Waals surface area contributed by atoms with Gasteiger partial charge in [0.05, 0.1) is 0 Å². The van der Waals surface area contributed by atoms with Crippen molar-refractivity contribution in [2.24, 2.45) is 0 Å². The van der Waals surface area contributed by atoms with E-state index in [0.29, 0.717) is 24.4 Å². The average molecular weight is 359 g/mol. The van der Waals surface area contributed by atoms with Gasteiger partial charge in [-0.3, -0.25) is 9.59 Å². The highest BCUT2D eigenvalue weighted by molar-refractivity contribution is 6.30. The minimum absolute atomic E-state index is 0.0560. The predicted molar refractivity (Wildman–Crippen MR) is 100 cm³/mol. The minimum Gasteiger partial charge on any atom is -0.357 e. The fourth-order valence-electron chi connectivity index (χ4n) is 2.71. The third-order valence-electron chi connectivity index (χ3n) is 4.09. The third-order valence-corrected chi connectivity index (χ3v) is 4.34. The Morgan fingerprint density at radius 1 is 1.04 bits per heavy atom. The molecule has 0 bridgehead atoms. The van der Waals surface area contributed by atoms with Crippen molar-refractivity contribution in [1.29, 1.82) is 0 Å². The SMILES string of the molecule is CCC(=O)N(Cc1ccc(Cl)cc1)[C@H](Cc1ccccc1)C(=O)NC. The van der Waals surface area contributed by atoms with E-state index in [-0.39, 0.29) is 11.8 Å². The molecular weight excluding hydrogens is 336 g/mol. The van der Waals surface area contributed by atoms with E-state index in [9.17, 15) is 9.59 Å². The normalized spacial score (nSPS) is 11.6. The van der Waals surface area contributed by atoms with Crippen molar-refractivity contribution in [2.75, 3.05) is 7.05 Å². The number of carbonyl (C=O) groups is 2. The molecule has 132 valence electrons. The number of halogens is 1. The summed E-state index contributed by atoms with van der Waals surface area (Å²) in [7, 11) is 1.59. The second-order valence-electron chi connectivity index (χ2n) is 5.82. The second kappa shape index (κ2) is 9.23. The summed E-state index contributed by atoms with van der Waals surface area (Å²) in [6, 6.07) is 16.5. The first kappa shape index (κ1) is 19.0. The lowest BCUT2D eigenvalue weighted by Gasteiger charge is -2.31. The summed E-state index contributed by atoms with van der Waals surface area (Å²) in [5.41, 5.74) is 1.95. The number of nitrogens with one attached hydrogen (secondary N) is 1. The van der Waals surface area contributed by atoms with Gasteiger partial charge in [0.15, 0.2) is 0 Å². The van der Waals surface area contributed by atoms with Crippen molar-refractivity contribution in [3.63, 3.8) is 0 Å². The smallest absolute Gasteiger partial charge is 0.242 e. The quantitative estimate of drug-likeness (QED) is 0.824. The first-order valence-corrected chi connectivity index (χ1v) is 8.72.